The lowest BCUT2D eigenvalue weighted by Gasteiger charge is -2.32. The van der Waals surface area contributed by atoms with Gasteiger partial charge >= 0.3 is 0 Å². The van der Waals surface area contributed by atoms with Crippen molar-refractivity contribution >= 4 is 11.4 Å². The Labute approximate surface area is 128 Å². The summed E-state index contributed by atoms with van der Waals surface area (Å²) in [5.41, 5.74) is 8.36. The molecule has 1 aliphatic carbocycles. The minimum atomic E-state index is 0.284. The minimum Gasteiger partial charge on any atom is -0.278 e. The standard InChI is InChI=1S/C19H26N2/c1-15-9-8-14-19(3,4)18(15)13-12-16(2)20-21-17-10-6-5-7-11-17/h5-7,10-13,21H,8-9,14H2,1-4H3. The second-order valence-corrected chi connectivity index (χ2v) is 6.50. The number of anilines is 1. The molecule has 0 spiro atoms. The Hall–Kier alpha value is -1.83. The van der Waals surface area contributed by atoms with Crippen molar-refractivity contribution in [2.45, 2.75) is 47.0 Å². The summed E-state index contributed by atoms with van der Waals surface area (Å²) in [6, 6.07) is 10.0. The highest BCUT2D eigenvalue weighted by molar-refractivity contribution is 5.93. The summed E-state index contributed by atoms with van der Waals surface area (Å²) in [5, 5.41) is 4.41. The largest absolute Gasteiger partial charge is 0.278 e. The lowest BCUT2D eigenvalue weighted by atomic mass is 9.72. The summed E-state index contributed by atoms with van der Waals surface area (Å²) >= 11 is 0. The number of benzene rings is 1. The zero-order valence-corrected chi connectivity index (χ0v) is 13.6. The third kappa shape index (κ3) is 4.32. The van der Waals surface area contributed by atoms with Gasteiger partial charge in [0.15, 0.2) is 0 Å². The number of hydrogen-bond donors (Lipinski definition) is 1. The summed E-state index contributed by atoms with van der Waals surface area (Å²) in [4.78, 5) is 0. The van der Waals surface area contributed by atoms with Crippen molar-refractivity contribution in [3.63, 3.8) is 0 Å². The molecule has 1 aliphatic rings. The molecule has 0 unspecified atom stereocenters. The lowest BCUT2D eigenvalue weighted by molar-refractivity contribution is 0.377. The molecule has 0 saturated heterocycles. The van der Waals surface area contributed by atoms with Crippen LogP contribution in [0.2, 0.25) is 0 Å². The maximum Gasteiger partial charge on any atom is 0.0576 e. The second-order valence-electron chi connectivity index (χ2n) is 6.50. The summed E-state index contributed by atoms with van der Waals surface area (Å²) in [5.74, 6) is 0. The highest BCUT2D eigenvalue weighted by Gasteiger charge is 2.26. The molecule has 21 heavy (non-hydrogen) atoms. The van der Waals surface area contributed by atoms with E-state index in [0.29, 0.717) is 0 Å². The van der Waals surface area contributed by atoms with Gasteiger partial charge in [0.1, 0.15) is 0 Å². The summed E-state index contributed by atoms with van der Waals surface area (Å²) < 4.78 is 0. The van der Waals surface area contributed by atoms with Gasteiger partial charge in [0.25, 0.3) is 0 Å². The van der Waals surface area contributed by atoms with Gasteiger partial charge in [0.05, 0.1) is 11.4 Å². The van der Waals surface area contributed by atoms with Gasteiger partial charge in [-0.05, 0) is 62.3 Å². The van der Waals surface area contributed by atoms with Crippen molar-refractivity contribution < 1.29 is 0 Å². The van der Waals surface area contributed by atoms with E-state index in [9.17, 15) is 0 Å². The summed E-state index contributed by atoms with van der Waals surface area (Å²) in [7, 11) is 0. The number of allylic oxidation sites excluding steroid dienone is 4. The van der Waals surface area contributed by atoms with E-state index in [-0.39, 0.29) is 5.41 Å². The van der Waals surface area contributed by atoms with Crippen LogP contribution in [-0.4, -0.2) is 5.71 Å². The van der Waals surface area contributed by atoms with Crippen LogP contribution in [0.4, 0.5) is 5.69 Å². The summed E-state index contributed by atoms with van der Waals surface area (Å²) in [6.45, 7) is 8.96. The molecule has 0 amide bonds. The molecule has 2 heteroatoms. The highest BCUT2D eigenvalue weighted by atomic mass is 15.3. The zero-order chi connectivity index (χ0) is 15.3. The minimum absolute atomic E-state index is 0.284. The Morgan fingerprint density at radius 1 is 1.24 bits per heavy atom. The molecule has 0 aliphatic heterocycles. The van der Waals surface area contributed by atoms with Gasteiger partial charge in [-0.1, -0.05) is 43.7 Å². The Kier molecular flexibility index (Phi) is 5.00. The normalized spacial score (nSPS) is 19.1. The molecule has 2 rings (SSSR count). The zero-order valence-electron chi connectivity index (χ0n) is 13.6. The van der Waals surface area contributed by atoms with E-state index in [1.54, 1.807) is 0 Å². The maximum absolute atomic E-state index is 4.41. The van der Waals surface area contributed by atoms with Crippen molar-refractivity contribution in [2.75, 3.05) is 5.43 Å². The maximum atomic E-state index is 4.41. The molecule has 1 aromatic carbocycles. The third-order valence-electron chi connectivity index (χ3n) is 4.17. The van der Waals surface area contributed by atoms with E-state index in [0.717, 1.165) is 11.4 Å². The second kappa shape index (κ2) is 6.75. The van der Waals surface area contributed by atoms with Crippen LogP contribution in [0.3, 0.4) is 0 Å². The molecule has 0 atom stereocenters. The van der Waals surface area contributed by atoms with Crippen molar-refractivity contribution in [2.24, 2.45) is 10.5 Å². The fourth-order valence-electron chi connectivity index (χ4n) is 2.92. The van der Waals surface area contributed by atoms with E-state index in [1.165, 1.54) is 30.4 Å². The van der Waals surface area contributed by atoms with Crippen LogP contribution in [0.1, 0.15) is 47.0 Å². The average Bonchev–Trinajstić information content (AvgIpc) is 2.45. The number of para-hydroxylation sites is 1. The Morgan fingerprint density at radius 2 is 1.95 bits per heavy atom. The third-order valence-corrected chi connectivity index (χ3v) is 4.17. The monoisotopic (exact) mass is 282 g/mol. The van der Waals surface area contributed by atoms with Gasteiger partial charge in [-0.15, -0.1) is 0 Å². The molecule has 0 aromatic heterocycles. The first-order chi connectivity index (χ1) is 9.99. The fourth-order valence-corrected chi connectivity index (χ4v) is 2.92. The Balaban J connectivity index is 2.06. The van der Waals surface area contributed by atoms with Crippen LogP contribution in [0, 0.1) is 5.41 Å². The molecule has 0 fully saturated rings. The van der Waals surface area contributed by atoms with E-state index >= 15 is 0 Å². The molecule has 112 valence electrons. The predicted molar refractivity (Wildman–Crippen MR) is 92.6 cm³/mol. The molecule has 0 saturated carbocycles. The first-order valence-electron chi connectivity index (χ1n) is 7.73. The molecule has 1 aromatic rings. The van der Waals surface area contributed by atoms with Crippen molar-refractivity contribution in [1.29, 1.82) is 0 Å². The van der Waals surface area contributed by atoms with Gasteiger partial charge in [0.2, 0.25) is 0 Å². The van der Waals surface area contributed by atoms with E-state index in [1.807, 2.05) is 37.3 Å². The Morgan fingerprint density at radius 3 is 2.62 bits per heavy atom. The molecule has 2 nitrogen and oxygen atoms in total. The number of hydrazone groups is 1. The molecular formula is C19H26N2. The van der Waals surface area contributed by atoms with Crippen molar-refractivity contribution in [3.8, 4) is 0 Å². The molecule has 0 radical (unpaired) electrons. The quantitative estimate of drug-likeness (QED) is 0.567. The fraction of sp³-hybridized carbons (Fsp3) is 0.421. The van der Waals surface area contributed by atoms with E-state index in [4.69, 9.17) is 0 Å². The lowest BCUT2D eigenvalue weighted by Crippen LogP contribution is -2.19. The number of nitrogens with one attached hydrogen (secondary N) is 1. The molecular weight excluding hydrogens is 256 g/mol. The van der Waals surface area contributed by atoms with Gasteiger partial charge in [-0.3, -0.25) is 5.43 Å². The van der Waals surface area contributed by atoms with Gasteiger partial charge in [-0.25, -0.2) is 0 Å². The Bertz CT molecular complexity index is 562. The first-order valence-corrected chi connectivity index (χ1v) is 7.73. The molecule has 0 heterocycles. The van der Waals surface area contributed by atoms with Crippen LogP contribution in [0.5, 0.6) is 0 Å². The number of hydrogen-bond acceptors (Lipinski definition) is 2. The topological polar surface area (TPSA) is 24.4 Å². The predicted octanol–water partition coefficient (Wildman–Crippen LogP) is 5.56. The van der Waals surface area contributed by atoms with E-state index in [2.05, 4.69) is 43.5 Å². The van der Waals surface area contributed by atoms with Gasteiger partial charge in [0, 0.05) is 0 Å². The van der Waals surface area contributed by atoms with Crippen molar-refractivity contribution in [3.05, 3.63) is 53.6 Å². The van der Waals surface area contributed by atoms with Crippen molar-refractivity contribution in [1.82, 2.24) is 0 Å². The van der Waals surface area contributed by atoms with Gasteiger partial charge in [-0.2, -0.15) is 5.10 Å². The van der Waals surface area contributed by atoms with Crippen LogP contribution < -0.4 is 5.43 Å². The van der Waals surface area contributed by atoms with E-state index < -0.39 is 0 Å². The molecule has 0 bridgehead atoms. The van der Waals surface area contributed by atoms with Crippen LogP contribution >= 0.6 is 0 Å². The number of nitrogens with zero attached hydrogens (tertiary/aromatic N) is 1. The molecule has 1 N–H and O–H groups in total. The SMILES string of the molecule is CC(C=CC1=C(C)CCCC1(C)C)=NNc1ccccc1. The average molecular weight is 282 g/mol. The van der Waals surface area contributed by atoms with Crippen LogP contribution in [-0.2, 0) is 0 Å². The smallest absolute Gasteiger partial charge is 0.0576 e. The first kappa shape index (κ1) is 15.6. The van der Waals surface area contributed by atoms with Gasteiger partial charge < -0.3 is 0 Å². The number of rotatable bonds is 4. The summed E-state index contributed by atoms with van der Waals surface area (Å²) in [6.07, 6.45) is 8.16. The van der Waals surface area contributed by atoms with Crippen LogP contribution in [0.15, 0.2) is 58.7 Å². The highest BCUT2D eigenvalue weighted by Crippen LogP contribution is 2.40. The van der Waals surface area contributed by atoms with Crippen LogP contribution in [0.25, 0.3) is 0 Å².